The average molecular weight is 756 g/mol. The third-order valence-corrected chi connectivity index (χ3v) is 13.7. The van der Waals surface area contributed by atoms with Gasteiger partial charge in [-0.1, -0.05) is 98.1 Å². The molecule has 0 bridgehead atoms. The van der Waals surface area contributed by atoms with E-state index in [1.807, 2.05) is 0 Å². The lowest BCUT2D eigenvalue weighted by molar-refractivity contribution is -0.720. The Hall–Kier alpha value is -6.13. The van der Waals surface area contributed by atoms with Crippen molar-refractivity contribution < 1.29 is 13.6 Å². The predicted octanol–water partition coefficient (Wildman–Crippen LogP) is 13.0. The van der Waals surface area contributed by atoms with E-state index in [0.29, 0.717) is 11.6 Å². The van der Waals surface area contributed by atoms with Gasteiger partial charge in [0.05, 0.1) is 16.8 Å². The van der Waals surface area contributed by atoms with E-state index in [1.165, 1.54) is 93.4 Å². The van der Waals surface area contributed by atoms with Gasteiger partial charge in [-0.05, 0) is 110 Å². The van der Waals surface area contributed by atoms with E-state index in [0.717, 1.165) is 51.8 Å². The number of benzene rings is 4. The normalized spacial score (nSPS) is 17.7. The van der Waals surface area contributed by atoms with Crippen LogP contribution in [0.25, 0.3) is 72.7 Å². The summed E-state index contributed by atoms with van der Waals surface area (Å²) in [6, 6.07) is 42.5. The van der Waals surface area contributed by atoms with Crippen LogP contribution >= 0.6 is 0 Å². The summed E-state index contributed by atoms with van der Waals surface area (Å²) in [5.41, 5.74) is 20.0. The lowest BCUT2D eigenvalue weighted by Crippen LogP contribution is -2.51. The minimum absolute atomic E-state index is 0.0994. The molecule has 1 saturated carbocycles. The van der Waals surface area contributed by atoms with Gasteiger partial charge in [0.2, 0.25) is 17.1 Å². The maximum Gasteiger partial charge on any atom is 0.227 e. The van der Waals surface area contributed by atoms with Gasteiger partial charge in [-0.3, -0.25) is 0 Å². The number of fused-ring (bicyclic) bond motifs is 13. The van der Waals surface area contributed by atoms with Crippen molar-refractivity contribution in [3.05, 3.63) is 168 Å². The highest BCUT2D eigenvalue weighted by Crippen LogP contribution is 2.47. The maximum atomic E-state index is 7.05. The summed E-state index contributed by atoms with van der Waals surface area (Å²) in [5.74, 6) is 0.663. The third kappa shape index (κ3) is 5.60. The molecule has 3 aliphatic rings. The average Bonchev–Trinajstić information content (AvgIpc) is 3.64. The molecule has 0 saturated heterocycles. The highest BCUT2D eigenvalue weighted by Gasteiger charge is 2.47. The molecule has 8 aromatic rings. The number of hydrogen-bond donors (Lipinski definition) is 0. The van der Waals surface area contributed by atoms with Gasteiger partial charge in [0, 0.05) is 46.0 Å². The Balaban J connectivity index is 1.12. The van der Waals surface area contributed by atoms with Crippen molar-refractivity contribution in [2.45, 2.75) is 83.6 Å². The van der Waals surface area contributed by atoms with Gasteiger partial charge >= 0.3 is 0 Å². The Kier molecular flexibility index (Phi) is 8.32. The summed E-state index contributed by atoms with van der Waals surface area (Å²) in [7, 11) is 0. The second-order valence-corrected chi connectivity index (χ2v) is 17.2. The molecular formula is C54H49N3O+2. The van der Waals surface area contributed by atoms with Gasteiger partial charge in [0.25, 0.3) is 0 Å². The van der Waals surface area contributed by atoms with E-state index < -0.39 is 0 Å². The number of hydrogen-bond acceptors (Lipinski definition) is 2. The second kappa shape index (κ2) is 13.8. The fourth-order valence-corrected chi connectivity index (χ4v) is 10.8. The van der Waals surface area contributed by atoms with Crippen LogP contribution in [0.1, 0.15) is 89.8 Å². The fourth-order valence-electron chi connectivity index (χ4n) is 10.8. The molecule has 4 nitrogen and oxygen atoms in total. The van der Waals surface area contributed by atoms with Crippen LogP contribution in [0.15, 0.2) is 139 Å². The zero-order valence-corrected chi connectivity index (χ0v) is 33.8. The van der Waals surface area contributed by atoms with Crippen molar-refractivity contribution in [2.24, 2.45) is 0 Å². The number of furan rings is 1. The van der Waals surface area contributed by atoms with Crippen LogP contribution in [0, 0.1) is 20.8 Å². The number of allylic oxidation sites excluding steroid dienone is 1. The van der Waals surface area contributed by atoms with Crippen LogP contribution < -0.4 is 9.13 Å². The molecule has 284 valence electrons. The standard InChI is InChI=1S/C54H49N3O/c1-33-19-27-48-42-17-11-12-18-43(42)51-36(4)56-32-46(38-15-9-6-10-16-38)35(3)30-50(56)52-39(22-28-49(51)57(48)31-33)20-24-44-45-25-26-47(55-54(45)58-53(44)52)41-23-21-40(29-34(41)2)37-13-7-5-8-14-37/h5,7-8,11-14,17-21,23-27,29-32,38,49,51H,4,6,9-10,15-16,22,28H2,1-3H3/q+2. The number of pyridine rings is 3. The molecule has 58 heavy (non-hydrogen) atoms. The quantitative estimate of drug-likeness (QED) is 0.168. The minimum Gasteiger partial charge on any atom is -0.437 e. The van der Waals surface area contributed by atoms with E-state index in [9.17, 15) is 0 Å². The minimum atomic E-state index is 0.0994. The molecule has 1 aliphatic carbocycles. The van der Waals surface area contributed by atoms with Crippen LogP contribution in [-0.2, 0) is 6.42 Å². The van der Waals surface area contributed by atoms with Gasteiger partial charge in [0.15, 0.2) is 29.7 Å². The Labute approximate surface area is 341 Å². The molecule has 0 N–H and O–H groups in total. The topological polar surface area (TPSA) is 33.8 Å². The fraction of sp³-hybridized carbons (Fsp3) is 0.241. The van der Waals surface area contributed by atoms with Crippen molar-refractivity contribution in [2.75, 3.05) is 0 Å². The van der Waals surface area contributed by atoms with Crippen molar-refractivity contribution in [3.63, 3.8) is 0 Å². The van der Waals surface area contributed by atoms with Crippen LogP contribution in [0.4, 0.5) is 0 Å². The smallest absolute Gasteiger partial charge is 0.227 e. The predicted molar refractivity (Wildman–Crippen MR) is 236 cm³/mol. The first kappa shape index (κ1) is 35.1. The summed E-state index contributed by atoms with van der Waals surface area (Å²) < 4.78 is 12.1. The Bertz CT molecular complexity index is 2950. The Morgan fingerprint density at radius 1 is 0.655 bits per heavy atom. The summed E-state index contributed by atoms with van der Waals surface area (Å²) >= 11 is 0. The number of aryl methyl sites for hydroxylation is 4. The van der Waals surface area contributed by atoms with Gasteiger partial charge in [0.1, 0.15) is 5.92 Å². The molecule has 4 aromatic carbocycles. The first-order valence-corrected chi connectivity index (χ1v) is 21.3. The van der Waals surface area contributed by atoms with Gasteiger partial charge in [-0.25, -0.2) is 4.98 Å². The second-order valence-electron chi connectivity index (χ2n) is 17.2. The van der Waals surface area contributed by atoms with E-state index >= 15 is 0 Å². The van der Waals surface area contributed by atoms with E-state index in [1.54, 1.807) is 0 Å². The van der Waals surface area contributed by atoms with Crippen molar-refractivity contribution in [3.8, 4) is 44.9 Å². The van der Waals surface area contributed by atoms with E-state index in [-0.39, 0.29) is 12.0 Å². The van der Waals surface area contributed by atoms with E-state index in [2.05, 4.69) is 158 Å². The molecule has 2 aliphatic heterocycles. The van der Waals surface area contributed by atoms with Crippen molar-refractivity contribution in [1.82, 2.24) is 4.98 Å². The summed E-state index contributed by atoms with van der Waals surface area (Å²) in [6.45, 7) is 11.8. The summed E-state index contributed by atoms with van der Waals surface area (Å²) in [6.07, 6.45) is 13.2. The van der Waals surface area contributed by atoms with Crippen molar-refractivity contribution in [1.29, 1.82) is 0 Å². The Morgan fingerprint density at radius 2 is 1.47 bits per heavy atom. The molecule has 2 atom stereocenters. The molecule has 0 radical (unpaired) electrons. The van der Waals surface area contributed by atoms with Crippen molar-refractivity contribution >= 4 is 27.8 Å². The van der Waals surface area contributed by atoms with Crippen LogP contribution in [-0.4, -0.2) is 4.98 Å². The number of rotatable bonds is 3. The third-order valence-electron chi connectivity index (χ3n) is 13.7. The van der Waals surface area contributed by atoms with Gasteiger partial charge in [-0.2, -0.15) is 9.13 Å². The molecule has 4 heteroatoms. The molecule has 6 heterocycles. The largest absolute Gasteiger partial charge is 0.437 e. The van der Waals surface area contributed by atoms with Crippen LogP contribution in [0.3, 0.4) is 0 Å². The molecule has 4 aromatic heterocycles. The SMILES string of the molecule is C=C1C2c3ccccc3-c3ccc(C)c[n+]3C2CCc2ccc3c(oc4nc(-c5ccc(-c6ccccc6)cc5C)ccc43)c2-c2cc(C)c(C3CCCCC3)c[n+]21. The summed E-state index contributed by atoms with van der Waals surface area (Å²) in [4.78, 5) is 5.24. The summed E-state index contributed by atoms with van der Waals surface area (Å²) in [5, 5.41) is 2.15. The van der Waals surface area contributed by atoms with Gasteiger partial charge in [-0.15, -0.1) is 0 Å². The number of nitrogens with zero attached hydrogens (tertiary/aromatic N) is 3. The molecule has 0 spiro atoms. The zero-order valence-electron chi connectivity index (χ0n) is 33.8. The highest BCUT2D eigenvalue weighted by molar-refractivity contribution is 6.09. The molecule has 11 rings (SSSR count). The van der Waals surface area contributed by atoms with Gasteiger partial charge < -0.3 is 4.42 Å². The van der Waals surface area contributed by atoms with Crippen LogP contribution in [0.2, 0.25) is 0 Å². The molecule has 2 unspecified atom stereocenters. The monoisotopic (exact) mass is 755 g/mol. The lowest BCUT2D eigenvalue weighted by atomic mass is 9.79. The highest BCUT2D eigenvalue weighted by atomic mass is 16.3. The maximum absolute atomic E-state index is 7.05. The zero-order chi connectivity index (χ0) is 39.1. The molecule has 1 fully saturated rings. The number of aromatic nitrogens is 3. The first-order chi connectivity index (χ1) is 28.4. The Morgan fingerprint density at radius 3 is 2.31 bits per heavy atom. The molecular weight excluding hydrogens is 707 g/mol. The lowest BCUT2D eigenvalue weighted by Gasteiger charge is -2.30. The van der Waals surface area contributed by atoms with E-state index in [4.69, 9.17) is 16.0 Å². The first-order valence-electron chi connectivity index (χ1n) is 21.3. The molecule has 0 amide bonds. The van der Waals surface area contributed by atoms with Crippen LogP contribution in [0.5, 0.6) is 0 Å².